The quantitative estimate of drug-likeness (QED) is 0.840. The fourth-order valence-corrected chi connectivity index (χ4v) is 2.12. The summed E-state index contributed by atoms with van der Waals surface area (Å²) in [6.45, 7) is 2.12. The van der Waals surface area contributed by atoms with Crippen LogP contribution in [0.15, 0.2) is 18.5 Å². The van der Waals surface area contributed by atoms with E-state index in [0.717, 1.165) is 0 Å². The number of carbonyl (C=O) groups excluding carboxylic acids is 1. The molecule has 0 radical (unpaired) electrons. The van der Waals surface area contributed by atoms with Gasteiger partial charge in [0.25, 0.3) is 5.91 Å². The lowest BCUT2D eigenvalue weighted by Crippen LogP contribution is -2.63. The molecule has 20 heavy (non-hydrogen) atoms. The van der Waals surface area contributed by atoms with Crippen molar-refractivity contribution in [3.63, 3.8) is 0 Å². The molecule has 1 aromatic rings. The summed E-state index contributed by atoms with van der Waals surface area (Å²) in [7, 11) is 1.48. The predicted octanol–water partition coefficient (Wildman–Crippen LogP) is 0.406. The number of nitrogens with zero attached hydrogens (tertiary/aromatic N) is 2. The van der Waals surface area contributed by atoms with Gasteiger partial charge in [-0.05, 0) is 13.0 Å². The number of carboxylic acids is 1. The maximum absolute atomic E-state index is 12.3. The van der Waals surface area contributed by atoms with Crippen LogP contribution in [0.2, 0.25) is 0 Å². The second-order valence-corrected chi connectivity index (χ2v) is 4.87. The largest absolute Gasteiger partial charge is 0.494 e. The molecule has 7 heteroatoms. The smallest absolute Gasteiger partial charge is 0.329 e. The summed E-state index contributed by atoms with van der Waals surface area (Å²) in [5.41, 5.74) is -0.170. The summed E-state index contributed by atoms with van der Waals surface area (Å²) in [5.74, 6) is -0.787. The normalized spacial score (nSPS) is 16.4. The number of carbonyl (C=O) groups is 2. The Balaban J connectivity index is 1.98. The minimum Gasteiger partial charge on any atom is -0.494 e. The second kappa shape index (κ2) is 5.46. The zero-order valence-corrected chi connectivity index (χ0v) is 11.3. The van der Waals surface area contributed by atoms with Gasteiger partial charge in [-0.2, -0.15) is 0 Å². The zero-order valence-electron chi connectivity index (χ0n) is 11.3. The summed E-state index contributed by atoms with van der Waals surface area (Å²) in [5, 5.41) is 8.59. The number of pyridine rings is 1. The number of hydrogen-bond acceptors (Lipinski definition) is 5. The van der Waals surface area contributed by atoms with Crippen LogP contribution < -0.4 is 4.74 Å². The third-order valence-corrected chi connectivity index (χ3v) is 3.12. The number of aliphatic carboxylic acids is 1. The van der Waals surface area contributed by atoms with Gasteiger partial charge in [-0.1, -0.05) is 0 Å². The van der Waals surface area contributed by atoms with Crippen molar-refractivity contribution in [2.45, 2.75) is 12.5 Å². The molecule has 0 aromatic carbocycles. The molecule has 1 fully saturated rings. The Morgan fingerprint density at radius 2 is 2.20 bits per heavy atom. The lowest BCUT2D eigenvalue weighted by atomic mass is 9.95. The number of hydrogen-bond donors (Lipinski definition) is 1. The van der Waals surface area contributed by atoms with Gasteiger partial charge in [0, 0.05) is 6.20 Å². The fourth-order valence-electron chi connectivity index (χ4n) is 2.12. The fraction of sp³-hybridized carbons (Fsp3) is 0.462. The van der Waals surface area contributed by atoms with Gasteiger partial charge in [0.05, 0.1) is 32.0 Å². The van der Waals surface area contributed by atoms with E-state index < -0.39 is 11.6 Å². The maximum Gasteiger partial charge on any atom is 0.329 e. The van der Waals surface area contributed by atoms with Crippen molar-refractivity contribution in [1.29, 1.82) is 0 Å². The van der Waals surface area contributed by atoms with Gasteiger partial charge in [-0.3, -0.25) is 9.78 Å². The van der Waals surface area contributed by atoms with Crippen molar-refractivity contribution in [2.24, 2.45) is 0 Å². The van der Waals surface area contributed by atoms with Gasteiger partial charge in [0.15, 0.2) is 0 Å². The summed E-state index contributed by atoms with van der Waals surface area (Å²) >= 11 is 0. The molecule has 2 heterocycles. The molecule has 0 atom stereocenters. The Morgan fingerprint density at radius 1 is 1.50 bits per heavy atom. The first-order valence-corrected chi connectivity index (χ1v) is 6.08. The van der Waals surface area contributed by atoms with E-state index in [2.05, 4.69) is 4.98 Å². The monoisotopic (exact) mass is 280 g/mol. The van der Waals surface area contributed by atoms with E-state index in [1.807, 2.05) is 0 Å². The van der Waals surface area contributed by atoms with E-state index in [4.69, 9.17) is 14.6 Å². The van der Waals surface area contributed by atoms with Gasteiger partial charge in [0.2, 0.25) is 0 Å². The molecule has 1 saturated heterocycles. The topological polar surface area (TPSA) is 89.0 Å². The number of rotatable bonds is 5. The summed E-state index contributed by atoms with van der Waals surface area (Å²) in [6.07, 6.45) is 3.00. The Labute approximate surface area is 116 Å². The van der Waals surface area contributed by atoms with Crippen LogP contribution in [0.25, 0.3) is 0 Å². The number of ether oxygens (including phenoxy) is 2. The van der Waals surface area contributed by atoms with Crippen LogP contribution >= 0.6 is 0 Å². The highest BCUT2D eigenvalue weighted by molar-refractivity contribution is 5.97. The molecule has 1 N–H and O–H groups in total. The van der Waals surface area contributed by atoms with Crippen molar-refractivity contribution in [1.82, 2.24) is 9.88 Å². The van der Waals surface area contributed by atoms with E-state index in [-0.39, 0.29) is 12.5 Å². The SMILES string of the molecule is COc1cnccc1C(=O)N1CC(C)(OCC(=O)O)C1. The van der Waals surface area contributed by atoms with Gasteiger partial charge in [0.1, 0.15) is 18.0 Å². The van der Waals surface area contributed by atoms with Crippen molar-refractivity contribution in [3.05, 3.63) is 24.0 Å². The molecule has 1 aliphatic rings. The number of methoxy groups -OCH3 is 1. The first-order valence-electron chi connectivity index (χ1n) is 6.08. The zero-order chi connectivity index (χ0) is 14.8. The Morgan fingerprint density at radius 3 is 2.80 bits per heavy atom. The molecular formula is C13H16N2O5. The van der Waals surface area contributed by atoms with Gasteiger partial charge < -0.3 is 19.5 Å². The van der Waals surface area contributed by atoms with Crippen LogP contribution in [0, 0.1) is 0 Å². The van der Waals surface area contributed by atoms with Crippen molar-refractivity contribution in [3.8, 4) is 5.75 Å². The third-order valence-electron chi connectivity index (χ3n) is 3.12. The molecular weight excluding hydrogens is 264 g/mol. The minimum atomic E-state index is -1.02. The molecule has 0 bridgehead atoms. The van der Waals surface area contributed by atoms with E-state index in [9.17, 15) is 9.59 Å². The molecule has 0 aliphatic carbocycles. The highest BCUT2D eigenvalue weighted by atomic mass is 16.5. The molecule has 2 rings (SSSR count). The molecule has 0 saturated carbocycles. The first kappa shape index (κ1) is 14.3. The Kier molecular flexibility index (Phi) is 3.89. The van der Waals surface area contributed by atoms with Gasteiger partial charge in [-0.25, -0.2) is 4.79 Å². The molecule has 1 amide bonds. The first-order chi connectivity index (χ1) is 9.45. The van der Waals surface area contributed by atoms with Crippen LogP contribution in [-0.2, 0) is 9.53 Å². The van der Waals surface area contributed by atoms with Crippen molar-refractivity contribution < 1.29 is 24.2 Å². The van der Waals surface area contributed by atoms with Crippen molar-refractivity contribution in [2.75, 3.05) is 26.8 Å². The van der Waals surface area contributed by atoms with E-state index in [1.165, 1.54) is 19.5 Å². The van der Waals surface area contributed by atoms with Gasteiger partial charge in [-0.15, -0.1) is 0 Å². The predicted molar refractivity (Wildman–Crippen MR) is 68.7 cm³/mol. The number of carboxylic acid groups (broad SMARTS) is 1. The van der Waals surface area contributed by atoms with E-state index in [1.54, 1.807) is 17.9 Å². The third kappa shape index (κ3) is 2.88. The Bertz CT molecular complexity index is 525. The highest BCUT2D eigenvalue weighted by Gasteiger charge is 2.43. The summed E-state index contributed by atoms with van der Waals surface area (Å²) < 4.78 is 10.4. The minimum absolute atomic E-state index is 0.180. The van der Waals surface area contributed by atoms with Crippen LogP contribution in [0.4, 0.5) is 0 Å². The van der Waals surface area contributed by atoms with Crippen molar-refractivity contribution >= 4 is 11.9 Å². The maximum atomic E-state index is 12.3. The summed E-state index contributed by atoms with van der Waals surface area (Å²) in [4.78, 5) is 28.2. The molecule has 108 valence electrons. The van der Waals surface area contributed by atoms with Gasteiger partial charge >= 0.3 is 5.97 Å². The average molecular weight is 280 g/mol. The number of likely N-dealkylation sites (tertiary alicyclic amines) is 1. The Hall–Kier alpha value is -2.15. The molecule has 0 spiro atoms. The standard InChI is InChI=1S/C13H16N2O5/c1-13(20-6-11(16)17)7-15(8-13)12(18)9-3-4-14-5-10(9)19-2/h3-5H,6-8H2,1-2H3,(H,16,17). The van der Waals surface area contributed by atoms with Crippen LogP contribution in [0.1, 0.15) is 17.3 Å². The molecule has 0 unspecified atom stereocenters. The second-order valence-electron chi connectivity index (χ2n) is 4.87. The van der Waals surface area contributed by atoms with Crippen LogP contribution in [0.5, 0.6) is 5.75 Å². The lowest BCUT2D eigenvalue weighted by molar-refractivity contribution is -0.159. The molecule has 7 nitrogen and oxygen atoms in total. The van der Waals surface area contributed by atoms with E-state index in [0.29, 0.717) is 24.4 Å². The lowest BCUT2D eigenvalue weighted by Gasteiger charge is -2.47. The number of aromatic nitrogens is 1. The summed E-state index contributed by atoms with van der Waals surface area (Å²) in [6, 6.07) is 1.59. The number of amides is 1. The van der Waals surface area contributed by atoms with Crippen LogP contribution in [0.3, 0.4) is 0 Å². The highest BCUT2D eigenvalue weighted by Crippen LogP contribution is 2.28. The van der Waals surface area contributed by atoms with E-state index >= 15 is 0 Å². The molecule has 1 aromatic heterocycles. The average Bonchev–Trinajstić information content (AvgIpc) is 2.41. The van der Waals surface area contributed by atoms with Crippen LogP contribution in [-0.4, -0.2) is 59.3 Å². The molecule has 1 aliphatic heterocycles.